The fourth-order valence-electron chi connectivity index (χ4n) is 4.19. The second kappa shape index (κ2) is 15.7. The Morgan fingerprint density at radius 3 is 2.29 bits per heavy atom. The third-order valence-electron chi connectivity index (χ3n) is 6.03. The molecular weight excluding hydrogens is 382 g/mol. The predicted molar refractivity (Wildman–Crippen MR) is 132 cm³/mol. The summed E-state index contributed by atoms with van der Waals surface area (Å²) in [5, 5.41) is 2.85. The van der Waals surface area contributed by atoms with Crippen LogP contribution in [0.25, 0.3) is 11.0 Å². The van der Waals surface area contributed by atoms with Gasteiger partial charge in [0.25, 0.3) is 0 Å². The van der Waals surface area contributed by atoms with Crippen molar-refractivity contribution in [3.8, 4) is 0 Å². The SMILES string of the molecule is C=CC(=O)NCCCCCc1nc2ccccc2n1CCCCCCCCCCCC. The lowest BCUT2D eigenvalue weighted by atomic mass is 10.1. The van der Waals surface area contributed by atoms with Gasteiger partial charge in [-0.3, -0.25) is 4.79 Å². The highest BCUT2D eigenvalue weighted by atomic mass is 16.1. The third kappa shape index (κ3) is 9.71. The minimum atomic E-state index is -0.0849. The molecule has 172 valence electrons. The first kappa shape index (κ1) is 25.2. The van der Waals surface area contributed by atoms with Gasteiger partial charge < -0.3 is 9.88 Å². The maximum Gasteiger partial charge on any atom is 0.243 e. The van der Waals surface area contributed by atoms with E-state index < -0.39 is 0 Å². The largest absolute Gasteiger partial charge is 0.353 e. The van der Waals surface area contributed by atoms with Crippen molar-refractivity contribution in [2.75, 3.05) is 6.54 Å². The Morgan fingerprint density at radius 2 is 1.58 bits per heavy atom. The molecule has 1 N–H and O–H groups in total. The molecule has 0 bridgehead atoms. The van der Waals surface area contributed by atoms with Gasteiger partial charge in [-0.05, 0) is 37.5 Å². The topological polar surface area (TPSA) is 46.9 Å². The number of carbonyl (C=O) groups is 1. The van der Waals surface area contributed by atoms with Gasteiger partial charge in [0, 0.05) is 19.5 Å². The van der Waals surface area contributed by atoms with Crippen molar-refractivity contribution in [1.29, 1.82) is 0 Å². The van der Waals surface area contributed by atoms with Gasteiger partial charge in [-0.1, -0.05) is 89.8 Å². The van der Waals surface area contributed by atoms with Crippen molar-refractivity contribution in [1.82, 2.24) is 14.9 Å². The van der Waals surface area contributed by atoms with Crippen molar-refractivity contribution < 1.29 is 4.79 Å². The van der Waals surface area contributed by atoms with Crippen molar-refractivity contribution in [2.45, 2.75) is 103 Å². The van der Waals surface area contributed by atoms with Crippen LogP contribution in [-0.4, -0.2) is 22.0 Å². The highest BCUT2D eigenvalue weighted by molar-refractivity contribution is 5.86. The van der Waals surface area contributed by atoms with E-state index in [2.05, 4.69) is 47.7 Å². The number of unbranched alkanes of at least 4 members (excludes halogenated alkanes) is 11. The van der Waals surface area contributed by atoms with E-state index in [1.54, 1.807) is 0 Å². The van der Waals surface area contributed by atoms with E-state index in [0.29, 0.717) is 0 Å². The molecule has 31 heavy (non-hydrogen) atoms. The van der Waals surface area contributed by atoms with Crippen molar-refractivity contribution in [2.24, 2.45) is 0 Å². The van der Waals surface area contributed by atoms with Crippen molar-refractivity contribution >= 4 is 16.9 Å². The molecule has 0 radical (unpaired) electrons. The van der Waals surface area contributed by atoms with E-state index >= 15 is 0 Å². The molecule has 2 aromatic rings. The Labute approximate surface area is 189 Å². The Bertz CT molecular complexity index is 765. The van der Waals surface area contributed by atoms with Gasteiger partial charge in [-0.15, -0.1) is 0 Å². The van der Waals surface area contributed by atoms with Gasteiger partial charge in [0.1, 0.15) is 5.82 Å². The lowest BCUT2D eigenvalue weighted by Gasteiger charge is -2.10. The fourth-order valence-corrected chi connectivity index (χ4v) is 4.19. The highest BCUT2D eigenvalue weighted by Gasteiger charge is 2.10. The molecule has 0 aliphatic rings. The molecule has 0 unspecified atom stereocenters. The molecule has 0 fully saturated rings. The molecule has 0 aliphatic heterocycles. The lowest BCUT2D eigenvalue weighted by molar-refractivity contribution is -0.116. The van der Waals surface area contributed by atoms with E-state index in [4.69, 9.17) is 4.98 Å². The van der Waals surface area contributed by atoms with E-state index in [1.807, 2.05) is 0 Å². The predicted octanol–water partition coefficient (Wildman–Crippen LogP) is 6.97. The smallest absolute Gasteiger partial charge is 0.243 e. The Morgan fingerprint density at radius 1 is 0.935 bits per heavy atom. The van der Waals surface area contributed by atoms with Crippen LogP contribution in [0.3, 0.4) is 0 Å². The number of nitrogens with one attached hydrogen (secondary N) is 1. The molecule has 0 saturated heterocycles. The van der Waals surface area contributed by atoms with E-state index in [0.717, 1.165) is 44.3 Å². The van der Waals surface area contributed by atoms with Crippen LogP contribution < -0.4 is 5.32 Å². The average Bonchev–Trinajstić information content (AvgIpc) is 3.14. The number of hydrogen-bond donors (Lipinski definition) is 1. The number of rotatable bonds is 18. The van der Waals surface area contributed by atoms with Crippen LogP contribution in [0.2, 0.25) is 0 Å². The monoisotopic (exact) mass is 425 g/mol. The number of hydrogen-bond acceptors (Lipinski definition) is 2. The maximum atomic E-state index is 11.2. The van der Waals surface area contributed by atoms with E-state index in [1.165, 1.54) is 81.6 Å². The van der Waals surface area contributed by atoms with Crippen molar-refractivity contribution in [3.63, 3.8) is 0 Å². The van der Waals surface area contributed by atoms with Gasteiger partial charge >= 0.3 is 0 Å². The molecule has 0 atom stereocenters. The van der Waals surface area contributed by atoms with Crippen LogP contribution in [-0.2, 0) is 17.8 Å². The average molecular weight is 426 g/mol. The maximum absolute atomic E-state index is 11.2. The standard InChI is InChI=1S/C27H43N3O/c1-3-5-6-7-8-9-10-11-12-18-23-30-25-20-16-15-19-24(25)29-26(30)21-14-13-17-22-28-27(31)4-2/h4,15-16,19-20H,2-3,5-14,17-18,21-23H2,1H3,(H,28,31). The van der Waals surface area contributed by atoms with Crippen LogP contribution in [0.4, 0.5) is 0 Å². The molecule has 4 heteroatoms. The number of nitrogens with zero attached hydrogens (tertiary/aromatic N) is 2. The number of para-hydroxylation sites is 2. The zero-order valence-corrected chi connectivity index (χ0v) is 19.7. The second-order valence-electron chi connectivity index (χ2n) is 8.66. The highest BCUT2D eigenvalue weighted by Crippen LogP contribution is 2.19. The molecule has 2 rings (SSSR count). The van der Waals surface area contributed by atoms with E-state index in [9.17, 15) is 4.79 Å². The summed E-state index contributed by atoms with van der Waals surface area (Å²) in [6, 6.07) is 8.52. The van der Waals surface area contributed by atoms with Gasteiger partial charge in [0.15, 0.2) is 0 Å². The van der Waals surface area contributed by atoms with E-state index in [-0.39, 0.29) is 5.91 Å². The van der Waals surface area contributed by atoms with Gasteiger partial charge in [0.05, 0.1) is 11.0 Å². The number of amides is 1. The summed E-state index contributed by atoms with van der Waals surface area (Å²) in [7, 11) is 0. The Kier molecular flexibility index (Phi) is 12.7. The summed E-state index contributed by atoms with van der Waals surface area (Å²) in [5.74, 6) is 1.13. The molecule has 1 aromatic carbocycles. The fraction of sp³-hybridized carbons (Fsp3) is 0.630. The summed E-state index contributed by atoms with van der Waals surface area (Å²) in [6.07, 6.45) is 19.2. The molecule has 0 saturated carbocycles. The zero-order valence-electron chi connectivity index (χ0n) is 19.7. The molecular formula is C27H43N3O. The van der Waals surface area contributed by atoms with Crippen molar-refractivity contribution in [3.05, 3.63) is 42.7 Å². The summed E-state index contributed by atoms with van der Waals surface area (Å²) >= 11 is 0. The molecule has 4 nitrogen and oxygen atoms in total. The van der Waals surface area contributed by atoms with Crippen LogP contribution in [0.15, 0.2) is 36.9 Å². The third-order valence-corrected chi connectivity index (χ3v) is 6.03. The summed E-state index contributed by atoms with van der Waals surface area (Å²) < 4.78 is 2.44. The first-order valence-electron chi connectivity index (χ1n) is 12.6. The quantitative estimate of drug-likeness (QED) is 0.207. The molecule has 1 heterocycles. The normalized spacial score (nSPS) is 11.1. The number of fused-ring (bicyclic) bond motifs is 1. The van der Waals surface area contributed by atoms with Crippen LogP contribution >= 0.6 is 0 Å². The summed E-state index contributed by atoms with van der Waals surface area (Å²) in [5.41, 5.74) is 2.38. The number of carbonyl (C=O) groups excluding carboxylic acids is 1. The zero-order chi connectivity index (χ0) is 22.2. The molecule has 1 amide bonds. The number of aromatic nitrogens is 2. The molecule has 1 aromatic heterocycles. The van der Waals surface area contributed by atoms with Crippen LogP contribution in [0.1, 0.15) is 96.2 Å². The first-order valence-corrected chi connectivity index (χ1v) is 12.6. The molecule has 0 spiro atoms. The number of aryl methyl sites for hydroxylation is 2. The minimum absolute atomic E-state index is 0.0849. The summed E-state index contributed by atoms with van der Waals surface area (Å²) in [4.78, 5) is 16.1. The molecule has 0 aliphatic carbocycles. The Balaban J connectivity index is 1.71. The van der Waals surface area contributed by atoms with Crippen LogP contribution in [0, 0.1) is 0 Å². The van der Waals surface area contributed by atoms with Gasteiger partial charge in [0.2, 0.25) is 5.91 Å². The second-order valence-corrected chi connectivity index (χ2v) is 8.66. The lowest BCUT2D eigenvalue weighted by Crippen LogP contribution is -2.21. The van der Waals surface area contributed by atoms with Gasteiger partial charge in [-0.2, -0.15) is 0 Å². The number of imidazole rings is 1. The minimum Gasteiger partial charge on any atom is -0.353 e. The van der Waals surface area contributed by atoms with Gasteiger partial charge in [-0.25, -0.2) is 4.98 Å². The number of benzene rings is 1. The first-order chi connectivity index (χ1) is 15.3. The van der Waals surface area contributed by atoms with Crippen LogP contribution in [0.5, 0.6) is 0 Å². The summed E-state index contributed by atoms with van der Waals surface area (Å²) in [6.45, 7) is 7.55. The Hall–Kier alpha value is -2.10.